The number of hydrogen-bond acceptors (Lipinski definition) is 1. The molecule has 0 N–H and O–H groups in total. The molecule has 0 radical (unpaired) electrons. The third kappa shape index (κ3) is 1.75. The van der Waals surface area contributed by atoms with E-state index in [2.05, 4.69) is 72.8 Å². The highest BCUT2D eigenvalue weighted by atomic mass is 35.5. The Morgan fingerprint density at radius 3 is 1.81 bits per heavy atom. The first-order valence-corrected chi connectivity index (χ1v) is 9.45. The van der Waals surface area contributed by atoms with Crippen molar-refractivity contribution in [2.75, 3.05) is 0 Å². The van der Waals surface area contributed by atoms with Gasteiger partial charge in [-0.3, -0.25) is 0 Å². The van der Waals surface area contributed by atoms with Crippen molar-refractivity contribution in [1.82, 2.24) is 0 Å². The fourth-order valence-electron chi connectivity index (χ4n) is 4.86. The van der Waals surface area contributed by atoms with E-state index in [1.807, 2.05) is 18.2 Å². The minimum atomic E-state index is -0.414. The average molecular weight is 367 g/mol. The predicted molar refractivity (Wildman–Crippen MR) is 109 cm³/mol. The van der Waals surface area contributed by atoms with Crippen LogP contribution in [0.15, 0.2) is 91.0 Å². The monoisotopic (exact) mass is 366 g/mol. The molecule has 1 heterocycles. The lowest BCUT2D eigenvalue weighted by Crippen LogP contribution is -2.32. The summed E-state index contributed by atoms with van der Waals surface area (Å²) in [6.07, 6.45) is 0. The summed E-state index contributed by atoms with van der Waals surface area (Å²) >= 11 is 6.72. The minimum absolute atomic E-state index is 0.414. The van der Waals surface area contributed by atoms with Gasteiger partial charge in [-0.2, -0.15) is 0 Å². The van der Waals surface area contributed by atoms with Crippen LogP contribution in [0.5, 0.6) is 11.5 Å². The van der Waals surface area contributed by atoms with Gasteiger partial charge in [0.05, 0.1) is 5.41 Å². The maximum Gasteiger partial charge on any atom is 0.132 e. The highest BCUT2D eigenvalue weighted by molar-refractivity contribution is 6.34. The summed E-state index contributed by atoms with van der Waals surface area (Å²) in [5.74, 6) is 1.80. The molecule has 0 unspecified atom stereocenters. The summed E-state index contributed by atoms with van der Waals surface area (Å²) in [5.41, 5.74) is 6.72. The Labute approximate surface area is 162 Å². The zero-order valence-electron chi connectivity index (χ0n) is 14.4. The standard InChI is InChI=1S/C25H15ClO/c26-21-13-7-12-20-24(21)16-8-1-2-9-17(16)25(20)18-10-3-5-14-22(18)27-23-15-6-4-11-19(23)25/h1-15H. The van der Waals surface area contributed by atoms with Crippen molar-refractivity contribution < 1.29 is 4.74 Å². The molecular formula is C25H15ClO. The number of rotatable bonds is 0. The van der Waals surface area contributed by atoms with Gasteiger partial charge in [-0.05, 0) is 34.9 Å². The molecule has 0 aromatic heterocycles. The molecule has 128 valence electrons. The molecule has 0 fully saturated rings. The van der Waals surface area contributed by atoms with E-state index in [-0.39, 0.29) is 0 Å². The maximum absolute atomic E-state index is 6.72. The van der Waals surface area contributed by atoms with Crippen molar-refractivity contribution in [3.05, 3.63) is 118 Å². The number of para-hydroxylation sites is 2. The van der Waals surface area contributed by atoms with Gasteiger partial charge in [0, 0.05) is 21.7 Å². The molecule has 27 heavy (non-hydrogen) atoms. The highest BCUT2D eigenvalue weighted by Gasteiger charge is 2.51. The van der Waals surface area contributed by atoms with Crippen molar-refractivity contribution in [3.8, 4) is 22.6 Å². The van der Waals surface area contributed by atoms with Crippen molar-refractivity contribution in [1.29, 1.82) is 0 Å². The molecule has 4 aromatic carbocycles. The first-order chi connectivity index (χ1) is 13.3. The van der Waals surface area contributed by atoms with Crippen LogP contribution in [0.2, 0.25) is 5.02 Å². The van der Waals surface area contributed by atoms with E-state index in [4.69, 9.17) is 16.3 Å². The normalized spacial score (nSPS) is 14.7. The Bertz CT molecular complexity index is 1180. The van der Waals surface area contributed by atoms with Crippen LogP contribution in [0, 0.1) is 0 Å². The minimum Gasteiger partial charge on any atom is -0.457 e. The van der Waals surface area contributed by atoms with Crippen LogP contribution in [-0.2, 0) is 5.41 Å². The van der Waals surface area contributed by atoms with Gasteiger partial charge in [-0.25, -0.2) is 0 Å². The quantitative estimate of drug-likeness (QED) is 0.287. The lowest BCUT2D eigenvalue weighted by Gasteiger charge is -2.39. The molecular weight excluding hydrogens is 352 g/mol. The molecule has 1 aliphatic carbocycles. The van der Waals surface area contributed by atoms with E-state index < -0.39 is 5.41 Å². The summed E-state index contributed by atoms with van der Waals surface area (Å²) < 4.78 is 6.29. The zero-order valence-corrected chi connectivity index (χ0v) is 15.2. The Kier molecular flexibility index (Phi) is 2.93. The molecule has 1 aliphatic heterocycles. The molecule has 1 nitrogen and oxygen atoms in total. The van der Waals surface area contributed by atoms with Gasteiger partial charge in [0.15, 0.2) is 0 Å². The van der Waals surface area contributed by atoms with Gasteiger partial charge in [-0.15, -0.1) is 0 Å². The van der Waals surface area contributed by atoms with Crippen LogP contribution in [0.3, 0.4) is 0 Å². The van der Waals surface area contributed by atoms with E-state index in [1.165, 1.54) is 16.7 Å². The van der Waals surface area contributed by atoms with Gasteiger partial charge in [-0.1, -0.05) is 84.4 Å². The molecule has 0 bridgehead atoms. The molecule has 2 aliphatic rings. The number of fused-ring (bicyclic) bond motifs is 9. The van der Waals surface area contributed by atoms with Gasteiger partial charge < -0.3 is 4.74 Å². The van der Waals surface area contributed by atoms with Crippen molar-refractivity contribution in [3.63, 3.8) is 0 Å². The number of benzene rings is 4. The smallest absolute Gasteiger partial charge is 0.132 e. The fourth-order valence-corrected chi connectivity index (χ4v) is 5.13. The van der Waals surface area contributed by atoms with Crippen molar-refractivity contribution >= 4 is 11.6 Å². The van der Waals surface area contributed by atoms with Gasteiger partial charge in [0.1, 0.15) is 11.5 Å². The van der Waals surface area contributed by atoms with Crippen LogP contribution in [0.4, 0.5) is 0 Å². The Morgan fingerprint density at radius 1 is 0.556 bits per heavy atom. The molecule has 0 atom stereocenters. The van der Waals surface area contributed by atoms with Gasteiger partial charge >= 0.3 is 0 Å². The average Bonchev–Trinajstić information content (AvgIpc) is 3.01. The van der Waals surface area contributed by atoms with E-state index in [0.29, 0.717) is 0 Å². The van der Waals surface area contributed by atoms with E-state index in [9.17, 15) is 0 Å². The third-order valence-electron chi connectivity index (χ3n) is 5.82. The SMILES string of the molecule is Clc1cccc2c1-c1ccccc1C21c2ccccc2Oc2ccccc21. The molecule has 4 aromatic rings. The second-order valence-electron chi connectivity index (χ2n) is 7.05. The molecule has 0 amide bonds. The van der Waals surface area contributed by atoms with E-state index >= 15 is 0 Å². The Hall–Kier alpha value is -3.03. The maximum atomic E-state index is 6.72. The van der Waals surface area contributed by atoms with E-state index in [1.54, 1.807) is 0 Å². The molecule has 0 saturated carbocycles. The summed E-state index contributed by atoms with van der Waals surface area (Å²) in [7, 11) is 0. The Balaban J connectivity index is 1.88. The van der Waals surface area contributed by atoms with E-state index in [0.717, 1.165) is 33.2 Å². The van der Waals surface area contributed by atoms with Crippen LogP contribution in [0.1, 0.15) is 22.3 Å². The number of hydrogen-bond donors (Lipinski definition) is 0. The van der Waals surface area contributed by atoms with Crippen LogP contribution in [-0.4, -0.2) is 0 Å². The molecule has 2 heteroatoms. The van der Waals surface area contributed by atoms with Gasteiger partial charge in [0.2, 0.25) is 0 Å². The second-order valence-corrected chi connectivity index (χ2v) is 7.46. The number of ether oxygens (including phenoxy) is 1. The summed E-state index contributed by atoms with van der Waals surface area (Å²) in [4.78, 5) is 0. The second kappa shape index (κ2) is 5.25. The van der Waals surface area contributed by atoms with Crippen molar-refractivity contribution in [2.24, 2.45) is 0 Å². The molecule has 6 rings (SSSR count). The third-order valence-corrected chi connectivity index (χ3v) is 6.14. The predicted octanol–water partition coefficient (Wildman–Crippen LogP) is 6.81. The largest absolute Gasteiger partial charge is 0.457 e. The van der Waals surface area contributed by atoms with Gasteiger partial charge in [0.25, 0.3) is 0 Å². The topological polar surface area (TPSA) is 9.23 Å². The summed E-state index contributed by atoms with van der Waals surface area (Å²) in [6, 6.07) is 31.5. The molecule has 1 spiro atoms. The lowest BCUT2D eigenvalue weighted by atomic mass is 9.66. The summed E-state index contributed by atoms with van der Waals surface area (Å²) in [5, 5.41) is 0.790. The highest BCUT2D eigenvalue weighted by Crippen LogP contribution is 2.62. The first kappa shape index (κ1) is 15.1. The first-order valence-electron chi connectivity index (χ1n) is 9.07. The molecule has 0 saturated heterocycles. The fraction of sp³-hybridized carbons (Fsp3) is 0.0400. The summed E-state index contributed by atoms with van der Waals surface area (Å²) in [6.45, 7) is 0. The lowest BCUT2D eigenvalue weighted by molar-refractivity contribution is 0.436. The van der Waals surface area contributed by atoms with Crippen LogP contribution < -0.4 is 4.74 Å². The van der Waals surface area contributed by atoms with Crippen LogP contribution in [0.25, 0.3) is 11.1 Å². The Morgan fingerprint density at radius 2 is 1.11 bits per heavy atom. The van der Waals surface area contributed by atoms with Crippen molar-refractivity contribution in [2.45, 2.75) is 5.41 Å². The zero-order chi connectivity index (χ0) is 18.0. The van der Waals surface area contributed by atoms with Crippen LogP contribution >= 0.6 is 11.6 Å². The number of halogens is 1.